The number of alkyl halides is 3. The highest BCUT2D eigenvalue weighted by Crippen LogP contribution is 2.34. The van der Waals surface area contributed by atoms with E-state index in [2.05, 4.69) is 31.3 Å². The number of nitrogens with zero attached hydrogens (tertiary/aromatic N) is 5. The summed E-state index contributed by atoms with van der Waals surface area (Å²) in [5, 5.41) is 7.28. The topological polar surface area (TPSA) is 102 Å². The van der Waals surface area contributed by atoms with Gasteiger partial charge in [-0.15, -0.1) is 0 Å². The number of aryl methyl sites for hydroxylation is 1. The van der Waals surface area contributed by atoms with Gasteiger partial charge in [-0.3, -0.25) is 9.59 Å². The number of carbonyl (C=O) groups is 1. The predicted octanol–water partition coefficient (Wildman–Crippen LogP) is 2.89. The molecule has 2 aliphatic rings. The largest absolute Gasteiger partial charge is 0.417 e. The molecule has 38 heavy (non-hydrogen) atoms. The molecule has 2 atom stereocenters. The van der Waals surface area contributed by atoms with E-state index in [9.17, 15) is 22.8 Å². The van der Waals surface area contributed by atoms with E-state index in [0.29, 0.717) is 54.3 Å². The van der Waals surface area contributed by atoms with Crippen LogP contribution in [0.2, 0.25) is 0 Å². The van der Waals surface area contributed by atoms with E-state index in [1.807, 2.05) is 18.7 Å². The summed E-state index contributed by atoms with van der Waals surface area (Å²) in [6.45, 7) is 6.36. The van der Waals surface area contributed by atoms with E-state index in [1.54, 1.807) is 11.1 Å². The average molecular weight is 603 g/mol. The number of pyridine rings is 1. The van der Waals surface area contributed by atoms with Crippen LogP contribution >= 0.6 is 15.9 Å². The second-order valence-electron chi connectivity index (χ2n) is 9.27. The Morgan fingerprint density at radius 3 is 2.87 bits per heavy atom. The van der Waals surface area contributed by atoms with Crippen LogP contribution in [0.15, 0.2) is 27.7 Å². The van der Waals surface area contributed by atoms with Crippen molar-refractivity contribution in [2.75, 3.05) is 49.7 Å². The summed E-state index contributed by atoms with van der Waals surface area (Å²) in [7, 11) is 0. The molecule has 1 N–H and O–H groups in total. The molecule has 0 unspecified atom stereocenters. The summed E-state index contributed by atoms with van der Waals surface area (Å²) in [5.41, 5.74) is -0.0566. The van der Waals surface area contributed by atoms with Crippen molar-refractivity contribution in [2.24, 2.45) is 0 Å². The Bertz CT molecular complexity index is 1210. The van der Waals surface area contributed by atoms with Gasteiger partial charge in [0.25, 0.3) is 5.56 Å². The molecule has 0 aliphatic carbocycles. The zero-order chi connectivity index (χ0) is 27.4. The summed E-state index contributed by atoms with van der Waals surface area (Å²) < 4.78 is 52.3. The van der Waals surface area contributed by atoms with Gasteiger partial charge in [0.05, 0.1) is 56.3 Å². The van der Waals surface area contributed by atoms with Gasteiger partial charge in [-0.25, -0.2) is 9.67 Å². The third-order valence-corrected chi connectivity index (χ3v) is 7.23. The van der Waals surface area contributed by atoms with E-state index in [-0.39, 0.29) is 49.8 Å². The number of ether oxygens (including phenoxy) is 2. The monoisotopic (exact) mass is 602 g/mol. The van der Waals surface area contributed by atoms with Crippen molar-refractivity contribution in [1.82, 2.24) is 19.7 Å². The summed E-state index contributed by atoms with van der Waals surface area (Å²) in [6, 6.07) is 0.763. The second-order valence-corrected chi connectivity index (χ2v) is 10.1. The van der Waals surface area contributed by atoms with Crippen LogP contribution in [0, 0.1) is 0 Å². The minimum absolute atomic E-state index is 0.0393. The maximum atomic E-state index is 13.1. The van der Waals surface area contributed by atoms with E-state index < -0.39 is 11.7 Å². The SMILES string of the molecule is CCn1ncc(N[C@@H](C)COCCC(=O)N2CCN3c4ncc(C(F)(F)F)cc4COC[C@H]3C2)c(Br)c1=O. The molecule has 0 spiro atoms. The fourth-order valence-electron chi connectivity index (χ4n) is 4.51. The van der Waals surface area contributed by atoms with Crippen LogP contribution in [0.4, 0.5) is 24.7 Å². The number of anilines is 2. The van der Waals surface area contributed by atoms with Crippen molar-refractivity contribution in [3.05, 3.63) is 44.4 Å². The van der Waals surface area contributed by atoms with Crippen LogP contribution in [0.25, 0.3) is 0 Å². The highest BCUT2D eigenvalue weighted by Gasteiger charge is 2.36. The van der Waals surface area contributed by atoms with Crippen LogP contribution in [0.3, 0.4) is 0 Å². The van der Waals surface area contributed by atoms with Crippen molar-refractivity contribution in [3.8, 4) is 0 Å². The Hall–Kier alpha value is -2.71. The molecule has 208 valence electrons. The lowest BCUT2D eigenvalue weighted by atomic mass is 10.1. The van der Waals surface area contributed by atoms with Crippen molar-refractivity contribution < 1.29 is 27.4 Å². The van der Waals surface area contributed by atoms with Gasteiger partial charge in [0.1, 0.15) is 10.3 Å². The number of piperazine rings is 1. The van der Waals surface area contributed by atoms with Gasteiger partial charge in [0, 0.05) is 44.0 Å². The summed E-state index contributed by atoms with van der Waals surface area (Å²) in [4.78, 5) is 32.8. The molecule has 0 radical (unpaired) electrons. The molecule has 1 amide bonds. The quantitative estimate of drug-likeness (QED) is 0.460. The first-order valence-electron chi connectivity index (χ1n) is 12.4. The van der Waals surface area contributed by atoms with Gasteiger partial charge >= 0.3 is 6.18 Å². The zero-order valence-corrected chi connectivity index (χ0v) is 22.7. The van der Waals surface area contributed by atoms with Crippen molar-refractivity contribution in [3.63, 3.8) is 0 Å². The number of aromatic nitrogens is 3. The normalized spacial score (nSPS) is 18.4. The van der Waals surface area contributed by atoms with E-state index in [0.717, 1.165) is 12.3 Å². The molecule has 2 aliphatic heterocycles. The van der Waals surface area contributed by atoms with Crippen molar-refractivity contribution in [2.45, 2.75) is 51.7 Å². The number of amides is 1. The molecular formula is C24H30BrF3N6O4. The Balaban J connectivity index is 1.25. The molecule has 1 fully saturated rings. The van der Waals surface area contributed by atoms with Gasteiger partial charge < -0.3 is 24.6 Å². The van der Waals surface area contributed by atoms with Crippen LogP contribution in [-0.4, -0.2) is 77.1 Å². The summed E-state index contributed by atoms with van der Waals surface area (Å²) in [6.07, 6.45) is -1.85. The molecule has 10 nitrogen and oxygen atoms in total. The highest BCUT2D eigenvalue weighted by atomic mass is 79.9. The maximum absolute atomic E-state index is 13.1. The molecule has 0 saturated carbocycles. The first-order chi connectivity index (χ1) is 18.1. The maximum Gasteiger partial charge on any atom is 0.417 e. The fraction of sp³-hybridized carbons (Fsp3) is 0.583. The molecular weight excluding hydrogens is 573 g/mol. The lowest BCUT2D eigenvalue weighted by Crippen LogP contribution is -2.56. The minimum Gasteiger partial charge on any atom is -0.379 e. The zero-order valence-electron chi connectivity index (χ0n) is 21.1. The molecule has 2 aromatic heterocycles. The van der Waals surface area contributed by atoms with Crippen LogP contribution in [0.1, 0.15) is 31.4 Å². The Labute approximate surface area is 226 Å². The van der Waals surface area contributed by atoms with E-state index >= 15 is 0 Å². The molecule has 2 aromatic rings. The predicted molar refractivity (Wildman–Crippen MR) is 137 cm³/mol. The first kappa shape index (κ1) is 28.3. The smallest absolute Gasteiger partial charge is 0.379 e. The van der Waals surface area contributed by atoms with Gasteiger partial charge in [0.2, 0.25) is 5.91 Å². The van der Waals surface area contributed by atoms with Crippen molar-refractivity contribution >= 4 is 33.3 Å². The lowest BCUT2D eigenvalue weighted by molar-refractivity contribution is -0.138. The summed E-state index contributed by atoms with van der Waals surface area (Å²) >= 11 is 3.31. The molecule has 0 aromatic carbocycles. The van der Waals surface area contributed by atoms with Crippen LogP contribution in [0.5, 0.6) is 0 Å². The number of fused-ring (bicyclic) bond motifs is 3. The Morgan fingerprint density at radius 2 is 2.13 bits per heavy atom. The first-order valence-corrected chi connectivity index (χ1v) is 13.2. The molecule has 4 heterocycles. The molecule has 1 saturated heterocycles. The number of hydrogen-bond acceptors (Lipinski definition) is 8. The Kier molecular flexibility index (Phi) is 8.93. The fourth-order valence-corrected chi connectivity index (χ4v) is 4.93. The number of hydrogen-bond donors (Lipinski definition) is 1. The minimum atomic E-state index is -4.47. The molecule has 4 rings (SSSR count). The third kappa shape index (κ3) is 6.46. The third-order valence-electron chi connectivity index (χ3n) is 6.46. The standard InChI is InChI=1S/C24H30BrF3N6O4/c1-3-34-23(36)21(25)19(10-30-34)31-15(2)12-37-7-4-20(35)32-5-6-33-18(11-32)14-38-13-16-8-17(24(26,27)28)9-29-22(16)33/h8-10,15,18,31H,3-7,11-14H2,1-2H3/t15-,18+/m0/s1. The van der Waals surface area contributed by atoms with E-state index in [1.165, 1.54) is 4.68 Å². The van der Waals surface area contributed by atoms with Crippen molar-refractivity contribution in [1.29, 1.82) is 0 Å². The average Bonchev–Trinajstić information content (AvgIpc) is 3.07. The number of nitrogens with one attached hydrogen (secondary N) is 1. The van der Waals surface area contributed by atoms with Crippen LogP contribution in [-0.2, 0) is 33.6 Å². The lowest BCUT2D eigenvalue weighted by Gasteiger charge is -2.41. The number of rotatable bonds is 8. The molecule has 0 bridgehead atoms. The second kappa shape index (κ2) is 12.0. The van der Waals surface area contributed by atoms with Crippen LogP contribution < -0.4 is 15.8 Å². The molecule has 14 heteroatoms. The Morgan fingerprint density at radius 1 is 1.34 bits per heavy atom. The summed E-state index contributed by atoms with van der Waals surface area (Å²) in [5.74, 6) is 0.413. The van der Waals surface area contributed by atoms with Gasteiger partial charge in [-0.2, -0.15) is 18.3 Å². The van der Waals surface area contributed by atoms with E-state index in [4.69, 9.17) is 9.47 Å². The highest BCUT2D eigenvalue weighted by molar-refractivity contribution is 9.10. The van der Waals surface area contributed by atoms with Gasteiger partial charge in [-0.1, -0.05) is 0 Å². The number of halogens is 4. The van der Waals surface area contributed by atoms with Gasteiger partial charge in [0.15, 0.2) is 0 Å². The van der Waals surface area contributed by atoms with Gasteiger partial charge in [-0.05, 0) is 35.8 Å². The number of carbonyl (C=O) groups excluding carboxylic acids is 1.